The number of nitrogens with one attached hydrogen (secondary N) is 1. The lowest BCUT2D eigenvalue weighted by Crippen LogP contribution is -2.47. The summed E-state index contributed by atoms with van der Waals surface area (Å²) in [7, 11) is 1.18. The number of nitrogens with zero attached hydrogens (tertiary/aromatic N) is 1. The second-order valence-corrected chi connectivity index (χ2v) is 23.2. The second kappa shape index (κ2) is 52.4. The summed E-state index contributed by atoms with van der Waals surface area (Å²) in [4.78, 5) is 39.9. The minimum atomic E-state index is -4.70. The molecule has 422 valence electrons. The summed E-state index contributed by atoms with van der Waals surface area (Å²) in [5.41, 5.74) is 0. The molecule has 0 aliphatic carbocycles. The van der Waals surface area contributed by atoms with Gasteiger partial charge >= 0.3 is 5.97 Å². The number of quaternary nitrogens is 1. The van der Waals surface area contributed by atoms with Crippen LogP contribution in [0.25, 0.3) is 0 Å². The van der Waals surface area contributed by atoms with Crippen molar-refractivity contribution in [2.24, 2.45) is 0 Å². The van der Waals surface area contributed by atoms with E-state index in [1.54, 1.807) is 0 Å². The molecule has 1 amide bonds. The van der Waals surface area contributed by atoms with Gasteiger partial charge in [-0.2, -0.15) is 0 Å². The van der Waals surface area contributed by atoms with E-state index in [0.29, 0.717) is 17.4 Å². The van der Waals surface area contributed by atoms with Gasteiger partial charge in [0.15, 0.2) is 0 Å². The van der Waals surface area contributed by atoms with Crippen molar-refractivity contribution in [1.82, 2.24) is 5.32 Å². The molecule has 0 aliphatic rings. The van der Waals surface area contributed by atoms with Gasteiger partial charge in [0, 0.05) is 12.8 Å². The first-order valence-corrected chi connectivity index (χ1v) is 31.9. The van der Waals surface area contributed by atoms with Crippen molar-refractivity contribution in [1.29, 1.82) is 0 Å². The highest BCUT2D eigenvalue weighted by atomic mass is 31.2. The SMILES string of the molecule is CC/C=C/C/C=C/CCCCCCCCCC(=O)OC(/C=C\CCCCCCCCCCCCC)C(COP(=O)([O-])OCC[N+](C)(C)C)NC(=O)CCCCCCCCCCC/C=C/CCCCCCCC. The molecule has 3 unspecified atom stereocenters. The first-order valence-electron chi connectivity index (χ1n) is 30.4. The average molecular weight is 1030 g/mol. The van der Waals surface area contributed by atoms with Gasteiger partial charge in [0.2, 0.25) is 5.91 Å². The predicted molar refractivity (Wildman–Crippen MR) is 307 cm³/mol. The van der Waals surface area contributed by atoms with Gasteiger partial charge in [0.1, 0.15) is 19.3 Å². The second-order valence-electron chi connectivity index (χ2n) is 21.8. The number of carbonyl (C=O) groups is 2. The number of hydrogen-bond acceptors (Lipinski definition) is 7. The fourth-order valence-electron chi connectivity index (χ4n) is 8.79. The molecule has 0 rings (SSSR count). The van der Waals surface area contributed by atoms with Crippen molar-refractivity contribution in [2.75, 3.05) is 40.9 Å². The largest absolute Gasteiger partial charge is 0.756 e. The first kappa shape index (κ1) is 70.0. The smallest absolute Gasteiger partial charge is 0.306 e. The molecule has 10 heteroatoms. The van der Waals surface area contributed by atoms with Crippen LogP contribution in [0.15, 0.2) is 48.6 Å². The molecule has 0 saturated carbocycles. The number of phosphoric acid groups is 1. The van der Waals surface area contributed by atoms with Crippen LogP contribution in [0.1, 0.15) is 284 Å². The van der Waals surface area contributed by atoms with Gasteiger partial charge in [-0.1, -0.05) is 237 Å². The number of hydrogen-bond donors (Lipinski definition) is 1. The van der Waals surface area contributed by atoms with E-state index in [-0.39, 0.29) is 24.9 Å². The molecule has 0 radical (unpaired) electrons. The molecule has 0 aromatic carbocycles. The van der Waals surface area contributed by atoms with Crippen LogP contribution >= 0.6 is 7.82 Å². The quantitative estimate of drug-likeness (QED) is 0.0212. The van der Waals surface area contributed by atoms with Gasteiger partial charge < -0.3 is 28.5 Å². The van der Waals surface area contributed by atoms with Crippen LogP contribution in [-0.4, -0.2) is 69.4 Å². The van der Waals surface area contributed by atoms with Crippen LogP contribution in [0.3, 0.4) is 0 Å². The third kappa shape index (κ3) is 52.8. The molecule has 0 bridgehead atoms. The zero-order valence-corrected chi connectivity index (χ0v) is 49.0. The maximum atomic E-state index is 13.5. The van der Waals surface area contributed by atoms with Crippen LogP contribution in [-0.2, 0) is 27.9 Å². The number of phosphoric ester groups is 1. The highest BCUT2D eigenvalue weighted by Crippen LogP contribution is 2.38. The van der Waals surface area contributed by atoms with E-state index in [9.17, 15) is 19.0 Å². The Kier molecular flexibility index (Phi) is 50.9. The summed E-state index contributed by atoms with van der Waals surface area (Å²) in [6, 6.07) is -0.891. The first-order chi connectivity index (χ1) is 34.9. The summed E-state index contributed by atoms with van der Waals surface area (Å²) in [5, 5.41) is 3.03. The van der Waals surface area contributed by atoms with Crippen LogP contribution < -0.4 is 10.2 Å². The van der Waals surface area contributed by atoms with Gasteiger partial charge in [-0.25, -0.2) is 0 Å². The van der Waals surface area contributed by atoms with Crippen LogP contribution in [0, 0.1) is 0 Å². The summed E-state index contributed by atoms with van der Waals surface area (Å²) >= 11 is 0. The van der Waals surface area contributed by atoms with E-state index >= 15 is 0 Å². The number of likely N-dealkylation sites (N-methyl/N-ethyl adjacent to an activating group) is 1. The fraction of sp³-hybridized carbons (Fsp3) is 0.839. The number of amides is 1. The summed E-state index contributed by atoms with van der Waals surface area (Å²) < 4.78 is 30.3. The van der Waals surface area contributed by atoms with E-state index in [1.165, 1.54) is 167 Å². The van der Waals surface area contributed by atoms with Gasteiger partial charge in [0.25, 0.3) is 7.82 Å². The van der Waals surface area contributed by atoms with Crippen LogP contribution in [0.5, 0.6) is 0 Å². The molecule has 0 heterocycles. The maximum absolute atomic E-state index is 13.5. The highest BCUT2D eigenvalue weighted by molar-refractivity contribution is 7.45. The minimum Gasteiger partial charge on any atom is -0.756 e. The summed E-state index contributed by atoms with van der Waals surface area (Å²) in [6.45, 7) is 6.75. The van der Waals surface area contributed by atoms with Gasteiger partial charge in [0.05, 0.1) is 33.8 Å². The lowest BCUT2D eigenvalue weighted by molar-refractivity contribution is -0.870. The standard InChI is InChI=1S/C62H117N2O7P/c1-7-10-13-16-19-22-25-28-30-31-32-33-34-36-39-42-45-48-51-54-61(65)63-59(58-70-72(67,68)69-57-56-64(4,5)6)60(53-50-47-44-41-38-35-27-24-21-18-15-12-9-3)71-62(66)55-52-49-46-43-40-37-29-26-23-20-17-14-11-8-2/h11,14,20,23,28,30,50,53,59-60H,7-10,12-13,15-19,21-22,24-27,29,31-49,51-52,54-58H2,1-6H3,(H-,63,65,67,68)/b14-11+,23-20+,30-28+,53-50-. The van der Waals surface area contributed by atoms with Crippen LogP contribution in [0.2, 0.25) is 0 Å². The van der Waals surface area contributed by atoms with E-state index in [4.69, 9.17) is 13.8 Å². The van der Waals surface area contributed by atoms with E-state index in [2.05, 4.69) is 62.5 Å². The Balaban J connectivity index is 5.28. The molecular weight excluding hydrogens is 916 g/mol. The monoisotopic (exact) mass is 1030 g/mol. The van der Waals surface area contributed by atoms with E-state index in [1.807, 2.05) is 33.3 Å². The van der Waals surface area contributed by atoms with Gasteiger partial charge in [-0.3, -0.25) is 14.2 Å². The van der Waals surface area contributed by atoms with Crippen molar-refractivity contribution in [2.45, 2.75) is 296 Å². The number of unbranched alkanes of at least 4 members (excludes halogenated alkanes) is 33. The number of esters is 1. The minimum absolute atomic E-state index is 0.0237. The molecule has 0 aromatic heterocycles. The maximum Gasteiger partial charge on any atom is 0.306 e. The highest BCUT2D eigenvalue weighted by Gasteiger charge is 2.27. The Morgan fingerprint density at radius 3 is 1.33 bits per heavy atom. The van der Waals surface area contributed by atoms with Crippen molar-refractivity contribution in [3.63, 3.8) is 0 Å². The normalized spacial score (nSPS) is 14.0. The lowest BCUT2D eigenvalue weighted by atomic mass is 10.0. The van der Waals surface area contributed by atoms with Crippen molar-refractivity contribution >= 4 is 19.7 Å². The molecule has 9 nitrogen and oxygen atoms in total. The molecule has 1 N–H and O–H groups in total. The number of carbonyl (C=O) groups excluding carboxylic acids is 2. The zero-order chi connectivity index (χ0) is 52.9. The van der Waals surface area contributed by atoms with Crippen LogP contribution in [0.4, 0.5) is 0 Å². The third-order valence-corrected chi connectivity index (χ3v) is 14.5. The molecule has 0 spiro atoms. The molecule has 3 atom stereocenters. The number of allylic oxidation sites excluding steroid dienone is 7. The number of ether oxygens (including phenoxy) is 1. The average Bonchev–Trinajstić information content (AvgIpc) is 3.34. The molecular formula is C62H117N2O7P. The molecule has 0 aliphatic heterocycles. The van der Waals surface area contributed by atoms with Crippen molar-refractivity contribution < 1.29 is 37.3 Å². The topological polar surface area (TPSA) is 114 Å². The fourth-order valence-corrected chi connectivity index (χ4v) is 9.51. The summed E-state index contributed by atoms with van der Waals surface area (Å²) in [5.74, 6) is -0.546. The van der Waals surface area contributed by atoms with Crippen molar-refractivity contribution in [3.8, 4) is 0 Å². The molecule has 0 saturated heterocycles. The molecule has 72 heavy (non-hydrogen) atoms. The molecule has 0 fully saturated rings. The van der Waals surface area contributed by atoms with Crippen molar-refractivity contribution in [3.05, 3.63) is 48.6 Å². The Morgan fingerprint density at radius 2 is 0.889 bits per heavy atom. The zero-order valence-electron chi connectivity index (χ0n) is 48.1. The Bertz CT molecular complexity index is 1380. The lowest BCUT2D eigenvalue weighted by Gasteiger charge is -2.30. The Morgan fingerprint density at radius 1 is 0.500 bits per heavy atom. The third-order valence-electron chi connectivity index (χ3n) is 13.5. The Labute approximate surface area is 446 Å². The Hall–Kier alpha value is -2.03. The number of rotatable bonds is 55. The van der Waals surface area contributed by atoms with E-state index < -0.39 is 26.6 Å². The van der Waals surface area contributed by atoms with Gasteiger partial charge in [-0.05, 0) is 83.1 Å². The molecule has 0 aromatic rings. The van der Waals surface area contributed by atoms with Gasteiger partial charge in [-0.15, -0.1) is 0 Å². The predicted octanol–water partition coefficient (Wildman–Crippen LogP) is 17.9. The summed E-state index contributed by atoms with van der Waals surface area (Å²) in [6.07, 6.45) is 63.6. The van der Waals surface area contributed by atoms with E-state index in [0.717, 1.165) is 83.5 Å².